The number of furan rings is 1. The number of carbonyl (C=O) groups excluding carboxylic acids is 1. The number of rotatable bonds is 4. The lowest BCUT2D eigenvalue weighted by Crippen LogP contribution is -2.31. The summed E-state index contributed by atoms with van der Waals surface area (Å²) in [6, 6.07) is 5.44. The topological polar surface area (TPSA) is 80.5 Å². The second-order valence-corrected chi connectivity index (χ2v) is 6.84. The average molecular weight is 362 g/mol. The number of pyridine rings is 1. The van der Waals surface area contributed by atoms with E-state index in [-0.39, 0.29) is 6.54 Å². The molecule has 0 unspecified atom stereocenters. The van der Waals surface area contributed by atoms with Crippen LogP contribution in [0.25, 0.3) is 0 Å². The molecule has 2 heterocycles. The number of alkyl halides is 3. The lowest BCUT2D eigenvalue weighted by Gasteiger charge is -2.18. The zero-order chi connectivity index (χ0) is 18.1. The van der Waals surface area contributed by atoms with E-state index < -0.39 is 31.8 Å². The first-order valence-corrected chi connectivity index (χ1v) is 8.09. The molecule has 0 aliphatic carbocycles. The number of halogens is 3. The highest BCUT2D eigenvalue weighted by atomic mass is 32.2. The number of hydrogen-bond acceptors (Lipinski definition) is 5. The van der Waals surface area contributed by atoms with Crippen molar-refractivity contribution >= 4 is 15.7 Å². The van der Waals surface area contributed by atoms with Gasteiger partial charge in [-0.15, -0.1) is 0 Å². The molecule has 1 amide bonds. The molecule has 0 aromatic carbocycles. The second kappa shape index (κ2) is 6.27. The smallest absolute Gasteiger partial charge is 0.464 e. The van der Waals surface area contributed by atoms with E-state index in [1.54, 1.807) is 19.1 Å². The number of aromatic nitrogens is 1. The molecule has 6 nitrogen and oxygen atoms in total. The predicted octanol–water partition coefficient (Wildman–Crippen LogP) is 2.55. The molecule has 2 aromatic heterocycles. The molecule has 0 N–H and O–H groups in total. The summed E-state index contributed by atoms with van der Waals surface area (Å²) in [5, 5.41) is -1.31. The SMILES string of the molecule is Cc1ccc(CN(C)C(=O)c2cccnc2S(=O)(=O)C(F)(F)F)o1. The number of amides is 1. The van der Waals surface area contributed by atoms with Gasteiger partial charge in [0.2, 0.25) is 0 Å². The molecule has 24 heavy (non-hydrogen) atoms. The molecule has 2 aromatic rings. The Balaban J connectivity index is 2.37. The lowest BCUT2D eigenvalue weighted by atomic mass is 10.2. The first-order chi connectivity index (χ1) is 11.0. The van der Waals surface area contributed by atoms with Crippen molar-refractivity contribution in [3.05, 3.63) is 47.5 Å². The van der Waals surface area contributed by atoms with E-state index in [1.165, 1.54) is 13.1 Å². The van der Waals surface area contributed by atoms with Crippen LogP contribution in [0.4, 0.5) is 13.2 Å². The molecule has 0 fully saturated rings. The predicted molar refractivity (Wildman–Crippen MR) is 76.7 cm³/mol. The Bertz CT molecular complexity index is 859. The van der Waals surface area contributed by atoms with Crippen LogP contribution in [0.15, 0.2) is 39.9 Å². The number of hydrogen-bond donors (Lipinski definition) is 0. The molecule has 0 saturated carbocycles. The van der Waals surface area contributed by atoms with E-state index in [2.05, 4.69) is 4.98 Å². The van der Waals surface area contributed by atoms with Crippen molar-refractivity contribution in [1.82, 2.24) is 9.88 Å². The van der Waals surface area contributed by atoms with E-state index in [0.717, 1.165) is 17.2 Å². The van der Waals surface area contributed by atoms with Gasteiger partial charge in [0.25, 0.3) is 15.7 Å². The summed E-state index contributed by atoms with van der Waals surface area (Å²) >= 11 is 0. The normalized spacial score (nSPS) is 12.2. The molecule has 0 aliphatic rings. The summed E-state index contributed by atoms with van der Waals surface area (Å²) < 4.78 is 66.7. The summed E-state index contributed by atoms with van der Waals surface area (Å²) in [5.41, 5.74) is -6.20. The van der Waals surface area contributed by atoms with Crippen molar-refractivity contribution < 1.29 is 30.8 Å². The van der Waals surface area contributed by atoms with Gasteiger partial charge in [-0.1, -0.05) is 0 Å². The highest BCUT2D eigenvalue weighted by molar-refractivity contribution is 7.92. The molecule has 0 radical (unpaired) electrons. The minimum Gasteiger partial charge on any atom is -0.464 e. The maximum Gasteiger partial charge on any atom is 0.503 e. The Hall–Kier alpha value is -2.36. The van der Waals surface area contributed by atoms with Crippen LogP contribution in [0.1, 0.15) is 21.9 Å². The molecule has 0 atom stereocenters. The zero-order valence-corrected chi connectivity index (χ0v) is 13.5. The quantitative estimate of drug-likeness (QED) is 0.835. The van der Waals surface area contributed by atoms with E-state index in [0.29, 0.717) is 11.5 Å². The molecule has 2 rings (SSSR count). The van der Waals surface area contributed by atoms with Crippen LogP contribution >= 0.6 is 0 Å². The van der Waals surface area contributed by atoms with Gasteiger partial charge in [0.1, 0.15) is 11.5 Å². The third kappa shape index (κ3) is 3.42. The number of sulfone groups is 1. The van der Waals surface area contributed by atoms with Crippen LogP contribution < -0.4 is 0 Å². The standard InChI is InChI=1S/C14H13F3N2O4S/c1-9-5-6-10(23-9)8-19(2)13(20)11-4-3-7-18-12(11)24(21,22)14(15,16)17/h3-7H,8H2,1-2H3. The fraction of sp³-hybridized carbons (Fsp3) is 0.286. The van der Waals surface area contributed by atoms with Crippen LogP contribution in [0, 0.1) is 6.92 Å². The monoisotopic (exact) mass is 362 g/mol. The summed E-state index contributed by atoms with van der Waals surface area (Å²) in [6.07, 6.45) is 0.880. The van der Waals surface area contributed by atoms with E-state index in [1.807, 2.05) is 0 Å². The molecular weight excluding hydrogens is 349 g/mol. The molecular formula is C14H13F3N2O4S. The average Bonchev–Trinajstić information content (AvgIpc) is 2.90. The van der Waals surface area contributed by atoms with Gasteiger partial charge in [-0.05, 0) is 31.2 Å². The highest BCUT2D eigenvalue weighted by Gasteiger charge is 2.49. The summed E-state index contributed by atoms with van der Waals surface area (Å²) in [4.78, 5) is 16.7. The number of aryl methyl sites for hydroxylation is 1. The number of nitrogens with zero attached hydrogens (tertiary/aromatic N) is 2. The van der Waals surface area contributed by atoms with Gasteiger partial charge in [0.05, 0.1) is 12.1 Å². The Labute approximate surface area is 135 Å². The van der Waals surface area contributed by atoms with E-state index in [4.69, 9.17) is 4.42 Å². The third-order valence-corrected chi connectivity index (χ3v) is 4.54. The van der Waals surface area contributed by atoms with Crippen LogP contribution in [0.5, 0.6) is 0 Å². The van der Waals surface area contributed by atoms with Crippen molar-refractivity contribution in [2.75, 3.05) is 7.05 Å². The van der Waals surface area contributed by atoms with Crippen LogP contribution in [0.3, 0.4) is 0 Å². The Morgan fingerprint density at radius 1 is 1.29 bits per heavy atom. The Morgan fingerprint density at radius 2 is 1.96 bits per heavy atom. The Kier molecular flexibility index (Phi) is 4.70. The largest absolute Gasteiger partial charge is 0.503 e. The first kappa shape index (κ1) is 18.0. The zero-order valence-electron chi connectivity index (χ0n) is 12.7. The Morgan fingerprint density at radius 3 is 2.50 bits per heavy atom. The van der Waals surface area contributed by atoms with Crippen molar-refractivity contribution in [1.29, 1.82) is 0 Å². The van der Waals surface area contributed by atoms with Crippen molar-refractivity contribution in [2.24, 2.45) is 0 Å². The molecule has 0 spiro atoms. The second-order valence-electron chi connectivity index (χ2n) is 4.98. The first-order valence-electron chi connectivity index (χ1n) is 6.61. The maximum atomic E-state index is 12.7. The van der Waals surface area contributed by atoms with Gasteiger partial charge >= 0.3 is 5.51 Å². The van der Waals surface area contributed by atoms with Crippen LogP contribution in [-0.2, 0) is 16.4 Å². The van der Waals surface area contributed by atoms with Gasteiger partial charge in [0.15, 0.2) is 5.03 Å². The fourth-order valence-electron chi connectivity index (χ4n) is 1.96. The van der Waals surface area contributed by atoms with Crippen molar-refractivity contribution in [2.45, 2.75) is 24.0 Å². The molecule has 130 valence electrons. The lowest BCUT2D eigenvalue weighted by molar-refractivity contribution is -0.0438. The third-order valence-electron chi connectivity index (χ3n) is 3.10. The maximum absolute atomic E-state index is 12.7. The van der Waals surface area contributed by atoms with Crippen molar-refractivity contribution in [3.63, 3.8) is 0 Å². The fourth-order valence-corrected chi connectivity index (χ4v) is 2.82. The highest BCUT2D eigenvalue weighted by Crippen LogP contribution is 2.31. The van der Waals surface area contributed by atoms with Gasteiger partial charge < -0.3 is 9.32 Å². The molecule has 10 heteroatoms. The molecule has 0 aliphatic heterocycles. The summed E-state index contributed by atoms with van der Waals surface area (Å²) in [7, 11) is -4.42. The van der Waals surface area contributed by atoms with Crippen LogP contribution in [-0.4, -0.2) is 36.8 Å². The van der Waals surface area contributed by atoms with Gasteiger partial charge in [-0.2, -0.15) is 13.2 Å². The van der Waals surface area contributed by atoms with E-state index >= 15 is 0 Å². The van der Waals surface area contributed by atoms with Crippen molar-refractivity contribution in [3.8, 4) is 0 Å². The van der Waals surface area contributed by atoms with Gasteiger partial charge in [-0.3, -0.25) is 4.79 Å². The minimum absolute atomic E-state index is 0.0346. The van der Waals surface area contributed by atoms with Gasteiger partial charge in [-0.25, -0.2) is 13.4 Å². The van der Waals surface area contributed by atoms with E-state index in [9.17, 15) is 26.4 Å². The minimum atomic E-state index is -5.74. The number of carbonyl (C=O) groups is 1. The summed E-state index contributed by atoms with van der Waals surface area (Å²) in [6.45, 7) is 1.66. The van der Waals surface area contributed by atoms with Gasteiger partial charge in [0, 0.05) is 13.2 Å². The molecule has 0 bridgehead atoms. The molecule has 0 saturated heterocycles. The van der Waals surface area contributed by atoms with Crippen LogP contribution in [0.2, 0.25) is 0 Å². The summed E-state index contributed by atoms with van der Waals surface area (Å²) in [5.74, 6) is 0.0972.